The number of hydrogen-bond donors (Lipinski definition) is 2. The summed E-state index contributed by atoms with van der Waals surface area (Å²) in [5.41, 5.74) is 1.44. The lowest BCUT2D eigenvalue weighted by Crippen LogP contribution is -2.51. The van der Waals surface area contributed by atoms with E-state index in [9.17, 15) is 5.11 Å². The average Bonchev–Trinajstić information content (AvgIpc) is 2.63. The lowest BCUT2D eigenvalue weighted by Gasteiger charge is -2.42. The van der Waals surface area contributed by atoms with E-state index in [-0.39, 0.29) is 12.0 Å². The van der Waals surface area contributed by atoms with Crippen LogP contribution in [0.2, 0.25) is 0 Å². The SMILES string of the molecule is COc1ccc(CC2NCCCC2C(C)(O)c2ccccc2)cc1. The van der Waals surface area contributed by atoms with Gasteiger partial charge >= 0.3 is 0 Å². The van der Waals surface area contributed by atoms with Gasteiger partial charge in [-0.05, 0) is 56.0 Å². The van der Waals surface area contributed by atoms with E-state index < -0.39 is 5.60 Å². The van der Waals surface area contributed by atoms with Crippen LogP contribution in [0.25, 0.3) is 0 Å². The van der Waals surface area contributed by atoms with Gasteiger partial charge in [0.1, 0.15) is 5.75 Å². The molecule has 24 heavy (non-hydrogen) atoms. The molecule has 3 heteroatoms. The largest absolute Gasteiger partial charge is 0.497 e. The number of hydrogen-bond acceptors (Lipinski definition) is 3. The van der Waals surface area contributed by atoms with Gasteiger partial charge in [0.15, 0.2) is 0 Å². The third kappa shape index (κ3) is 3.63. The summed E-state index contributed by atoms with van der Waals surface area (Å²) in [7, 11) is 1.69. The average molecular weight is 325 g/mol. The van der Waals surface area contributed by atoms with Crippen molar-refractivity contribution >= 4 is 0 Å². The molecule has 1 heterocycles. The highest BCUT2D eigenvalue weighted by Crippen LogP contribution is 2.37. The molecule has 0 bridgehead atoms. The van der Waals surface area contributed by atoms with Crippen molar-refractivity contribution in [3.05, 3.63) is 65.7 Å². The van der Waals surface area contributed by atoms with E-state index in [1.54, 1.807) is 7.11 Å². The molecule has 0 amide bonds. The number of piperidine rings is 1. The lowest BCUT2D eigenvalue weighted by atomic mass is 9.73. The molecule has 0 aromatic heterocycles. The van der Waals surface area contributed by atoms with E-state index in [0.29, 0.717) is 0 Å². The van der Waals surface area contributed by atoms with Gasteiger partial charge in [-0.25, -0.2) is 0 Å². The van der Waals surface area contributed by atoms with Crippen LogP contribution >= 0.6 is 0 Å². The van der Waals surface area contributed by atoms with Crippen molar-refractivity contribution in [2.45, 2.75) is 37.8 Å². The molecule has 1 saturated heterocycles. The molecule has 2 aromatic rings. The summed E-state index contributed by atoms with van der Waals surface area (Å²) in [5, 5.41) is 14.9. The summed E-state index contributed by atoms with van der Waals surface area (Å²) in [4.78, 5) is 0. The topological polar surface area (TPSA) is 41.5 Å². The lowest BCUT2D eigenvalue weighted by molar-refractivity contribution is -0.0345. The molecule has 0 spiro atoms. The maximum Gasteiger partial charge on any atom is 0.118 e. The highest BCUT2D eigenvalue weighted by Gasteiger charge is 2.40. The van der Waals surface area contributed by atoms with Crippen LogP contribution in [0.4, 0.5) is 0 Å². The molecule has 3 nitrogen and oxygen atoms in total. The van der Waals surface area contributed by atoms with Gasteiger partial charge in [-0.3, -0.25) is 0 Å². The first kappa shape index (κ1) is 17.0. The molecule has 0 saturated carbocycles. The third-order valence-corrected chi connectivity index (χ3v) is 5.28. The fraction of sp³-hybridized carbons (Fsp3) is 0.429. The van der Waals surface area contributed by atoms with Crippen LogP contribution in [0.15, 0.2) is 54.6 Å². The van der Waals surface area contributed by atoms with Gasteiger partial charge < -0.3 is 15.2 Å². The molecule has 3 atom stereocenters. The van der Waals surface area contributed by atoms with Crippen molar-refractivity contribution in [1.29, 1.82) is 0 Å². The second-order valence-electron chi connectivity index (χ2n) is 6.88. The monoisotopic (exact) mass is 325 g/mol. The minimum absolute atomic E-state index is 0.191. The maximum atomic E-state index is 11.3. The van der Waals surface area contributed by atoms with Gasteiger partial charge in [0, 0.05) is 12.0 Å². The van der Waals surface area contributed by atoms with E-state index in [2.05, 4.69) is 17.4 Å². The first-order valence-corrected chi connectivity index (χ1v) is 8.75. The summed E-state index contributed by atoms with van der Waals surface area (Å²) < 4.78 is 5.24. The summed E-state index contributed by atoms with van der Waals surface area (Å²) in [6.45, 7) is 2.98. The van der Waals surface area contributed by atoms with E-state index in [1.807, 2.05) is 49.4 Å². The van der Waals surface area contributed by atoms with E-state index in [0.717, 1.165) is 37.1 Å². The summed E-state index contributed by atoms with van der Waals surface area (Å²) in [6, 6.07) is 18.5. The predicted molar refractivity (Wildman–Crippen MR) is 97.2 cm³/mol. The smallest absolute Gasteiger partial charge is 0.118 e. The van der Waals surface area contributed by atoms with E-state index >= 15 is 0 Å². The number of nitrogens with one attached hydrogen (secondary N) is 1. The van der Waals surface area contributed by atoms with Gasteiger partial charge in [0.2, 0.25) is 0 Å². The van der Waals surface area contributed by atoms with Gasteiger partial charge in [-0.2, -0.15) is 0 Å². The van der Waals surface area contributed by atoms with E-state index in [4.69, 9.17) is 4.74 Å². The van der Waals surface area contributed by atoms with Crippen molar-refractivity contribution in [3.8, 4) is 5.75 Å². The Hall–Kier alpha value is -1.84. The van der Waals surface area contributed by atoms with Crippen molar-refractivity contribution in [3.63, 3.8) is 0 Å². The Balaban J connectivity index is 1.80. The molecule has 0 aliphatic carbocycles. The third-order valence-electron chi connectivity index (χ3n) is 5.28. The van der Waals surface area contributed by atoms with Crippen LogP contribution in [-0.4, -0.2) is 24.8 Å². The number of methoxy groups -OCH3 is 1. The second-order valence-corrected chi connectivity index (χ2v) is 6.88. The van der Waals surface area contributed by atoms with Crippen molar-refractivity contribution in [2.24, 2.45) is 5.92 Å². The van der Waals surface area contributed by atoms with E-state index in [1.165, 1.54) is 5.56 Å². The Kier molecular flexibility index (Phi) is 5.22. The van der Waals surface area contributed by atoms with Crippen LogP contribution in [0, 0.1) is 5.92 Å². The highest BCUT2D eigenvalue weighted by atomic mass is 16.5. The zero-order chi connectivity index (χ0) is 17.0. The van der Waals surface area contributed by atoms with Crippen LogP contribution < -0.4 is 10.1 Å². The minimum atomic E-state index is -0.828. The van der Waals surface area contributed by atoms with Crippen molar-refractivity contribution in [1.82, 2.24) is 5.32 Å². The molecule has 128 valence electrons. The molecular formula is C21H27NO2. The summed E-state index contributed by atoms with van der Waals surface area (Å²) in [5.74, 6) is 1.07. The fourth-order valence-electron chi connectivity index (χ4n) is 3.85. The van der Waals surface area contributed by atoms with Crippen molar-refractivity contribution < 1.29 is 9.84 Å². The maximum absolute atomic E-state index is 11.3. The predicted octanol–water partition coefficient (Wildman–Crippen LogP) is 3.51. The van der Waals surface area contributed by atoms with Crippen LogP contribution in [0.5, 0.6) is 5.75 Å². The number of benzene rings is 2. The normalized spacial score (nSPS) is 23.5. The van der Waals surface area contributed by atoms with Crippen LogP contribution in [0.1, 0.15) is 30.9 Å². The molecule has 2 N–H and O–H groups in total. The molecule has 1 aliphatic heterocycles. The van der Waals surface area contributed by atoms with Gasteiger partial charge in [-0.1, -0.05) is 42.5 Å². The molecule has 1 aliphatic rings. The molecule has 3 unspecified atom stereocenters. The number of rotatable bonds is 5. The zero-order valence-corrected chi connectivity index (χ0v) is 14.5. The quantitative estimate of drug-likeness (QED) is 0.884. The minimum Gasteiger partial charge on any atom is -0.497 e. The fourth-order valence-corrected chi connectivity index (χ4v) is 3.85. The van der Waals surface area contributed by atoms with Crippen LogP contribution in [-0.2, 0) is 12.0 Å². The standard InChI is InChI=1S/C21H27NO2/c1-21(23,17-7-4-3-5-8-17)19-9-6-14-22-20(19)15-16-10-12-18(24-2)13-11-16/h3-5,7-8,10-13,19-20,22-23H,6,9,14-15H2,1-2H3. The Morgan fingerprint density at radius 3 is 2.50 bits per heavy atom. The van der Waals surface area contributed by atoms with Crippen molar-refractivity contribution in [2.75, 3.05) is 13.7 Å². The Morgan fingerprint density at radius 1 is 1.12 bits per heavy atom. The Bertz CT molecular complexity index is 637. The number of aliphatic hydroxyl groups is 1. The number of ether oxygens (including phenoxy) is 1. The molecule has 3 rings (SSSR count). The summed E-state index contributed by atoms with van der Waals surface area (Å²) in [6.07, 6.45) is 3.06. The van der Waals surface area contributed by atoms with Gasteiger partial charge in [0.25, 0.3) is 0 Å². The van der Waals surface area contributed by atoms with Gasteiger partial charge in [-0.15, -0.1) is 0 Å². The molecular weight excluding hydrogens is 298 g/mol. The summed E-state index contributed by atoms with van der Waals surface area (Å²) >= 11 is 0. The first-order valence-electron chi connectivity index (χ1n) is 8.75. The molecule has 1 fully saturated rings. The first-order chi connectivity index (χ1) is 11.6. The molecule has 0 radical (unpaired) electrons. The highest BCUT2D eigenvalue weighted by molar-refractivity contribution is 5.29. The van der Waals surface area contributed by atoms with Crippen LogP contribution in [0.3, 0.4) is 0 Å². The zero-order valence-electron chi connectivity index (χ0n) is 14.5. The molecule has 2 aromatic carbocycles. The Morgan fingerprint density at radius 2 is 1.83 bits per heavy atom. The van der Waals surface area contributed by atoms with Gasteiger partial charge in [0.05, 0.1) is 12.7 Å². The second kappa shape index (κ2) is 7.37. The Labute approximate surface area is 144 Å².